The lowest BCUT2D eigenvalue weighted by Crippen LogP contribution is -2.15. The summed E-state index contributed by atoms with van der Waals surface area (Å²) in [5, 5.41) is 11.6. The third kappa shape index (κ3) is 2.88. The van der Waals surface area contributed by atoms with Crippen molar-refractivity contribution >= 4 is 11.7 Å². The highest BCUT2D eigenvalue weighted by molar-refractivity contribution is 6.03. The molecule has 0 aliphatic carbocycles. The van der Waals surface area contributed by atoms with Crippen molar-refractivity contribution in [3.63, 3.8) is 0 Å². The predicted molar refractivity (Wildman–Crippen MR) is 89.9 cm³/mol. The molecule has 1 aromatic carbocycles. The van der Waals surface area contributed by atoms with Crippen LogP contribution in [0.1, 0.15) is 27.7 Å². The van der Waals surface area contributed by atoms with Gasteiger partial charge in [-0.05, 0) is 38.1 Å². The van der Waals surface area contributed by atoms with Crippen LogP contribution in [0.4, 0.5) is 5.82 Å². The van der Waals surface area contributed by atoms with E-state index in [1.807, 2.05) is 54.8 Å². The maximum absolute atomic E-state index is 12.5. The first kappa shape index (κ1) is 15.4. The number of pyridine rings is 1. The molecule has 0 saturated carbocycles. The minimum Gasteiger partial charge on any atom is -0.305 e. The number of amides is 1. The molecule has 118 valence electrons. The van der Waals surface area contributed by atoms with Gasteiger partial charge in [-0.3, -0.25) is 4.79 Å². The molecule has 0 aliphatic heterocycles. The molecule has 0 saturated heterocycles. The Morgan fingerprint density at radius 1 is 1.08 bits per heavy atom. The fraction of sp³-hybridized carbons (Fsp3) is 0.111. The Morgan fingerprint density at radius 3 is 2.54 bits per heavy atom. The van der Waals surface area contributed by atoms with E-state index in [9.17, 15) is 4.79 Å². The summed E-state index contributed by atoms with van der Waals surface area (Å²) in [6.07, 6.45) is 0. The van der Waals surface area contributed by atoms with Crippen LogP contribution in [0.5, 0.6) is 0 Å². The summed E-state index contributed by atoms with van der Waals surface area (Å²) in [6, 6.07) is 16.6. The molecule has 3 aromatic rings. The maximum atomic E-state index is 12.5. The quantitative estimate of drug-likeness (QED) is 0.805. The van der Waals surface area contributed by atoms with E-state index in [0.717, 1.165) is 17.2 Å². The van der Waals surface area contributed by atoms with E-state index in [1.165, 1.54) is 0 Å². The molecule has 0 unspecified atom stereocenters. The van der Waals surface area contributed by atoms with Gasteiger partial charge in [0.1, 0.15) is 29.1 Å². The molecule has 6 nitrogen and oxygen atoms in total. The number of aromatic nitrogens is 3. The zero-order valence-corrected chi connectivity index (χ0v) is 13.3. The van der Waals surface area contributed by atoms with Crippen molar-refractivity contribution in [3.05, 3.63) is 71.4 Å². The van der Waals surface area contributed by atoms with Gasteiger partial charge < -0.3 is 9.88 Å². The fourth-order valence-corrected chi connectivity index (χ4v) is 2.56. The Morgan fingerprint density at radius 2 is 1.83 bits per heavy atom. The third-order valence-corrected chi connectivity index (χ3v) is 3.61. The molecule has 0 radical (unpaired) electrons. The third-order valence-electron chi connectivity index (χ3n) is 3.61. The van der Waals surface area contributed by atoms with E-state index < -0.39 is 0 Å². The first-order valence-electron chi connectivity index (χ1n) is 7.40. The highest BCUT2D eigenvalue weighted by Gasteiger charge is 2.19. The van der Waals surface area contributed by atoms with Crippen molar-refractivity contribution in [2.75, 3.05) is 5.32 Å². The Kier molecular flexibility index (Phi) is 4.08. The van der Waals surface area contributed by atoms with E-state index in [0.29, 0.717) is 11.5 Å². The second kappa shape index (κ2) is 6.34. The molecule has 0 spiro atoms. The van der Waals surface area contributed by atoms with Crippen LogP contribution in [0, 0.1) is 25.2 Å². The molecule has 2 heterocycles. The van der Waals surface area contributed by atoms with Crippen LogP contribution in [0.3, 0.4) is 0 Å². The molecule has 3 rings (SSSR count). The van der Waals surface area contributed by atoms with Gasteiger partial charge in [-0.2, -0.15) is 5.26 Å². The van der Waals surface area contributed by atoms with Crippen LogP contribution in [0.25, 0.3) is 5.69 Å². The Labute approximate surface area is 139 Å². The number of carbonyl (C=O) groups excluding carboxylic acids is 1. The van der Waals surface area contributed by atoms with Gasteiger partial charge in [-0.25, -0.2) is 9.97 Å². The summed E-state index contributed by atoms with van der Waals surface area (Å²) in [6.45, 7) is 3.70. The SMILES string of the molecule is Cc1nc(C(=O)Nc2cccc(C#N)n2)c(C)n1-c1ccccc1. The number of nitrogens with one attached hydrogen (secondary N) is 1. The number of rotatable bonds is 3. The Bertz CT molecular complexity index is 938. The Balaban J connectivity index is 1.93. The molecule has 2 aromatic heterocycles. The summed E-state index contributed by atoms with van der Waals surface area (Å²) in [5.74, 6) is 0.695. The summed E-state index contributed by atoms with van der Waals surface area (Å²) in [7, 11) is 0. The zero-order valence-electron chi connectivity index (χ0n) is 13.3. The standard InChI is InChI=1S/C18H15N5O/c1-12-17(18(24)22-16-10-6-7-14(11-19)21-16)20-13(2)23(12)15-8-4-3-5-9-15/h3-10H,1-2H3,(H,21,22,24). The van der Waals surface area contributed by atoms with Crippen LogP contribution in [0.2, 0.25) is 0 Å². The molecule has 0 atom stereocenters. The lowest BCUT2D eigenvalue weighted by molar-refractivity contribution is 0.102. The van der Waals surface area contributed by atoms with E-state index in [1.54, 1.807) is 18.2 Å². The maximum Gasteiger partial charge on any atom is 0.277 e. The van der Waals surface area contributed by atoms with Crippen LogP contribution < -0.4 is 5.32 Å². The molecule has 6 heteroatoms. The largest absolute Gasteiger partial charge is 0.305 e. The van der Waals surface area contributed by atoms with Crippen LogP contribution >= 0.6 is 0 Å². The summed E-state index contributed by atoms with van der Waals surface area (Å²) in [5.41, 5.74) is 2.27. The lowest BCUT2D eigenvalue weighted by atomic mass is 10.2. The number of anilines is 1. The fourth-order valence-electron chi connectivity index (χ4n) is 2.56. The minimum atomic E-state index is -0.354. The first-order valence-corrected chi connectivity index (χ1v) is 7.40. The predicted octanol–water partition coefficient (Wildman–Crippen LogP) is 3.01. The Hall–Kier alpha value is -3.46. The van der Waals surface area contributed by atoms with Gasteiger partial charge >= 0.3 is 0 Å². The average molecular weight is 317 g/mol. The molecule has 0 aliphatic rings. The number of nitriles is 1. The van der Waals surface area contributed by atoms with E-state index in [4.69, 9.17) is 5.26 Å². The highest BCUT2D eigenvalue weighted by atomic mass is 16.2. The summed E-state index contributed by atoms with van der Waals surface area (Å²) in [4.78, 5) is 21.0. The first-order chi connectivity index (χ1) is 11.6. The minimum absolute atomic E-state index is 0.246. The number of nitrogens with zero attached hydrogens (tertiary/aromatic N) is 4. The summed E-state index contributed by atoms with van der Waals surface area (Å²) >= 11 is 0. The van der Waals surface area contributed by atoms with E-state index in [-0.39, 0.29) is 11.6 Å². The number of imidazole rings is 1. The number of aryl methyl sites for hydroxylation is 1. The second-order valence-electron chi connectivity index (χ2n) is 5.24. The lowest BCUT2D eigenvalue weighted by Gasteiger charge is -2.08. The topological polar surface area (TPSA) is 83.6 Å². The monoisotopic (exact) mass is 317 g/mol. The zero-order chi connectivity index (χ0) is 17.1. The van der Waals surface area contributed by atoms with Crippen LogP contribution in [-0.4, -0.2) is 20.4 Å². The van der Waals surface area contributed by atoms with Gasteiger partial charge in [0.05, 0.1) is 5.69 Å². The van der Waals surface area contributed by atoms with Crippen LogP contribution in [-0.2, 0) is 0 Å². The van der Waals surface area contributed by atoms with Crippen molar-refractivity contribution in [3.8, 4) is 11.8 Å². The molecule has 1 amide bonds. The molecular weight excluding hydrogens is 302 g/mol. The van der Waals surface area contributed by atoms with Gasteiger partial charge in [0.15, 0.2) is 0 Å². The van der Waals surface area contributed by atoms with Gasteiger partial charge in [0.25, 0.3) is 5.91 Å². The summed E-state index contributed by atoms with van der Waals surface area (Å²) < 4.78 is 1.92. The number of carbonyl (C=O) groups is 1. The van der Waals surface area contributed by atoms with Crippen molar-refractivity contribution < 1.29 is 4.79 Å². The number of hydrogen-bond donors (Lipinski definition) is 1. The molecule has 0 fully saturated rings. The smallest absolute Gasteiger partial charge is 0.277 e. The average Bonchev–Trinajstić information content (AvgIpc) is 2.90. The highest BCUT2D eigenvalue weighted by Crippen LogP contribution is 2.18. The molecular formula is C18H15N5O. The van der Waals surface area contributed by atoms with E-state index in [2.05, 4.69) is 15.3 Å². The number of para-hydroxylation sites is 1. The van der Waals surface area contributed by atoms with Crippen molar-refractivity contribution in [1.82, 2.24) is 14.5 Å². The number of benzene rings is 1. The van der Waals surface area contributed by atoms with Crippen molar-refractivity contribution in [2.45, 2.75) is 13.8 Å². The van der Waals surface area contributed by atoms with Crippen LogP contribution in [0.15, 0.2) is 48.5 Å². The van der Waals surface area contributed by atoms with Crippen molar-refractivity contribution in [1.29, 1.82) is 5.26 Å². The van der Waals surface area contributed by atoms with Gasteiger partial charge in [-0.15, -0.1) is 0 Å². The second-order valence-corrected chi connectivity index (χ2v) is 5.24. The normalized spacial score (nSPS) is 10.2. The van der Waals surface area contributed by atoms with Gasteiger partial charge in [0, 0.05) is 5.69 Å². The van der Waals surface area contributed by atoms with Crippen molar-refractivity contribution in [2.24, 2.45) is 0 Å². The number of hydrogen-bond acceptors (Lipinski definition) is 4. The molecule has 0 bridgehead atoms. The van der Waals surface area contributed by atoms with E-state index >= 15 is 0 Å². The molecule has 24 heavy (non-hydrogen) atoms. The molecule has 1 N–H and O–H groups in total. The van der Waals surface area contributed by atoms with Gasteiger partial charge in [0.2, 0.25) is 0 Å². The van der Waals surface area contributed by atoms with Gasteiger partial charge in [-0.1, -0.05) is 24.3 Å².